The highest BCUT2D eigenvalue weighted by molar-refractivity contribution is 7.99. The quantitative estimate of drug-likeness (QED) is 0.0738. The molecule has 0 aliphatic rings. The molecule has 0 saturated carbocycles. The molecule has 0 radical (unpaired) electrons. The summed E-state index contributed by atoms with van der Waals surface area (Å²) < 4.78 is 79.4. The van der Waals surface area contributed by atoms with E-state index in [9.17, 15) is 16.8 Å². The Kier molecular flexibility index (Phi) is 16.4. The van der Waals surface area contributed by atoms with Gasteiger partial charge in [0.15, 0.2) is 0 Å². The second-order valence-corrected chi connectivity index (χ2v) is 25.6. The lowest BCUT2D eigenvalue weighted by atomic mass is 9.79. The van der Waals surface area contributed by atoms with Gasteiger partial charge in [-0.2, -0.15) is 0 Å². The second-order valence-electron chi connectivity index (χ2n) is 20.5. The number of hydrogen-bond acceptors (Lipinski definition) is 9. The summed E-state index contributed by atoms with van der Waals surface area (Å²) in [6.07, 6.45) is 2.45. The number of benzene rings is 8. The zero-order valence-corrected chi connectivity index (χ0v) is 46.6. The third-order valence-electron chi connectivity index (χ3n) is 13.7. The van der Waals surface area contributed by atoms with Crippen LogP contribution in [-0.2, 0) is 25.1 Å². The van der Waals surface area contributed by atoms with E-state index in [1.165, 1.54) is 0 Å². The molecule has 0 fully saturated rings. The topological polar surface area (TPSA) is 105 Å². The van der Waals surface area contributed by atoms with Crippen molar-refractivity contribution < 1.29 is 35.8 Å². The first-order chi connectivity index (χ1) is 35.7. The summed E-state index contributed by atoms with van der Waals surface area (Å²) in [5.74, 6) is 3.87. The maximum Gasteiger partial charge on any atom is 0.206 e. The van der Waals surface area contributed by atoms with Gasteiger partial charge in [-0.15, -0.1) is 0 Å². The zero-order chi connectivity index (χ0) is 53.6. The Hall–Kier alpha value is -6.79. The van der Waals surface area contributed by atoms with E-state index in [4.69, 9.17) is 18.9 Å². The third-order valence-corrected chi connectivity index (χ3v) is 18.3. The van der Waals surface area contributed by atoms with Gasteiger partial charge in [-0.3, -0.25) is 0 Å². The molecule has 0 saturated heterocycles. The molecule has 0 spiro atoms. The van der Waals surface area contributed by atoms with Crippen molar-refractivity contribution in [2.24, 2.45) is 0 Å². The molecule has 2 unspecified atom stereocenters. The van der Waals surface area contributed by atoms with Crippen molar-refractivity contribution in [1.82, 2.24) is 0 Å². The minimum atomic E-state index is -3.80. The Balaban J connectivity index is 0.848. The van der Waals surface area contributed by atoms with Gasteiger partial charge in [0.2, 0.25) is 19.7 Å². The monoisotopic (exact) mass is 1060 g/mol. The lowest BCUT2D eigenvalue weighted by Crippen LogP contribution is -2.38. The Morgan fingerprint density at radius 1 is 0.400 bits per heavy atom. The van der Waals surface area contributed by atoms with E-state index in [2.05, 4.69) is 41.5 Å². The Morgan fingerprint density at radius 2 is 0.733 bits per heavy atom. The molecule has 0 heterocycles. The van der Waals surface area contributed by atoms with Gasteiger partial charge in [-0.05, 0) is 220 Å². The maximum atomic E-state index is 13.8. The number of rotatable bonds is 20. The van der Waals surface area contributed by atoms with E-state index in [1.807, 2.05) is 142 Å². The maximum absolute atomic E-state index is 13.8. The number of ether oxygens (including phenoxy) is 4. The normalized spacial score (nSPS) is 13.3. The highest BCUT2D eigenvalue weighted by Gasteiger charge is 2.35. The smallest absolute Gasteiger partial charge is 0.206 e. The summed E-state index contributed by atoms with van der Waals surface area (Å²) in [6, 6.07) is 58.9. The van der Waals surface area contributed by atoms with Crippen LogP contribution in [0.3, 0.4) is 0 Å². The summed E-state index contributed by atoms with van der Waals surface area (Å²) in [7, 11) is -7.48. The highest BCUT2D eigenvalue weighted by atomic mass is 32.2. The van der Waals surface area contributed by atoms with Crippen molar-refractivity contribution >= 4 is 31.4 Å². The van der Waals surface area contributed by atoms with Crippen molar-refractivity contribution in [3.05, 3.63) is 205 Å². The first-order valence-corrected chi connectivity index (χ1v) is 29.2. The van der Waals surface area contributed by atoms with E-state index in [0.29, 0.717) is 23.0 Å². The van der Waals surface area contributed by atoms with Crippen LogP contribution in [0.2, 0.25) is 0 Å². The molecule has 0 amide bonds. The SMILES string of the molecule is CCC(c1ccc(S(=O)(=O)c2ccc(Oc3ccc(Sc4ccc(OC(C)(C)C)cc4)cc3)cc2)cc1)C(C)(CC)Oc1ccc(-c2ccc(Oc3ccc(S(=O)(=O)c4ccc(C(C)(C)CC)cc4)cc3)cc2)cc1. The van der Waals surface area contributed by atoms with Gasteiger partial charge in [0, 0.05) is 15.7 Å². The molecular weight excluding hydrogens is 993 g/mol. The molecule has 0 aliphatic heterocycles. The predicted octanol–water partition coefficient (Wildman–Crippen LogP) is 17.4. The van der Waals surface area contributed by atoms with Gasteiger partial charge in [-0.25, -0.2) is 16.8 Å². The van der Waals surface area contributed by atoms with Crippen LogP contribution in [-0.4, -0.2) is 28.0 Å². The summed E-state index contributed by atoms with van der Waals surface area (Å²) in [5, 5.41) is 0. The van der Waals surface area contributed by atoms with E-state index >= 15 is 0 Å². The molecule has 0 bridgehead atoms. The van der Waals surface area contributed by atoms with Crippen LogP contribution in [0.5, 0.6) is 34.5 Å². The summed E-state index contributed by atoms with van der Waals surface area (Å²) in [6.45, 7) is 18.8. The van der Waals surface area contributed by atoms with Crippen LogP contribution in [0.15, 0.2) is 223 Å². The van der Waals surface area contributed by atoms with Crippen molar-refractivity contribution in [2.45, 2.75) is 133 Å². The summed E-state index contributed by atoms with van der Waals surface area (Å²) in [4.78, 5) is 3.02. The molecule has 0 aliphatic carbocycles. The average molecular weight is 1060 g/mol. The third kappa shape index (κ3) is 13.2. The van der Waals surface area contributed by atoms with Gasteiger partial charge < -0.3 is 18.9 Å². The van der Waals surface area contributed by atoms with Crippen LogP contribution in [0.25, 0.3) is 11.1 Å². The molecular formula is C64H66O8S3. The van der Waals surface area contributed by atoms with Crippen LogP contribution in [0.4, 0.5) is 0 Å². The van der Waals surface area contributed by atoms with Crippen molar-refractivity contribution in [1.29, 1.82) is 0 Å². The summed E-state index contributed by atoms with van der Waals surface area (Å²) >= 11 is 1.64. The molecule has 388 valence electrons. The molecule has 8 rings (SSSR count). The average Bonchev–Trinajstić information content (AvgIpc) is 3.40. The van der Waals surface area contributed by atoms with Gasteiger partial charge in [-0.1, -0.05) is 94.9 Å². The number of sulfone groups is 2. The van der Waals surface area contributed by atoms with Gasteiger partial charge in [0.25, 0.3) is 0 Å². The van der Waals surface area contributed by atoms with Crippen LogP contribution < -0.4 is 18.9 Å². The zero-order valence-electron chi connectivity index (χ0n) is 44.2. The first kappa shape index (κ1) is 54.5. The fourth-order valence-corrected chi connectivity index (χ4v) is 12.2. The minimum absolute atomic E-state index is 0.0215. The number of hydrogen-bond donors (Lipinski definition) is 0. The van der Waals surface area contributed by atoms with E-state index in [-0.39, 0.29) is 36.5 Å². The molecule has 0 aromatic heterocycles. The summed E-state index contributed by atoms with van der Waals surface area (Å²) in [5.41, 5.74) is 3.23. The van der Waals surface area contributed by atoms with E-state index in [0.717, 1.165) is 62.8 Å². The van der Waals surface area contributed by atoms with Crippen LogP contribution in [0, 0.1) is 0 Å². The fraction of sp³-hybridized carbons (Fsp3) is 0.250. The molecule has 75 heavy (non-hydrogen) atoms. The molecule has 8 aromatic carbocycles. The lowest BCUT2D eigenvalue weighted by Gasteiger charge is -2.37. The second kappa shape index (κ2) is 22.6. The highest BCUT2D eigenvalue weighted by Crippen LogP contribution is 2.40. The van der Waals surface area contributed by atoms with Crippen LogP contribution in [0.1, 0.15) is 98.6 Å². The van der Waals surface area contributed by atoms with Crippen molar-refractivity contribution in [2.75, 3.05) is 0 Å². The van der Waals surface area contributed by atoms with Gasteiger partial charge in [0.1, 0.15) is 45.7 Å². The van der Waals surface area contributed by atoms with E-state index < -0.39 is 25.3 Å². The molecule has 8 aromatic rings. The standard InChI is InChI=1S/C64H66O8S3/c1-10-61(47-17-37-57(38-18-47)74(65,66)59-41-31-52(32-42-59)70-50-25-33-55(34-26-50)73-56-35-27-53(28-36-56)71-62(4,5)6)64(9,12-3)72-54-23-15-46(16-24-54)45-13-21-49(22-14-45)69-51-29-43-60(44-30-51)75(67,68)58-39-19-48(20-40-58)63(7,8)11-2/h13-44,61H,10-12H2,1-9H3. The molecule has 11 heteroatoms. The van der Waals surface area contributed by atoms with E-state index in [1.54, 1.807) is 84.6 Å². The first-order valence-electron chi connectivity index (χ1n) is 25.4. The molecule has 2 atom stereocenters. The fourth-order valence-electron chi connectivity index (χ4n) is 8.84. The largest absolute Gasteiger partial charge is 0.488 e. The lowest BCUT2D eigenvalue weighted by molar-refractivity contribution is 0.0522. The molecule has 0 N–H and O–H groups in total. The van der Waals surface area contributed by atoms with Gasteiger partial charge >= 0.3 is 0 Å². The van der Waals surface area contributed by atoms with Crippen molar-refractivity contribution in [3.63, 3.8) is 0 Å². The molecule has 8 nitrogen and oxygen atoms in total. The Labute approximate surface area is 448 Å². The minimum Gasteiger partial charge on any atom is -0.488 e. The van der Waals surface area contributed by atoms with Crippen LogP contribution >= 0.6 is 11.8 Å². The predicted molar refractivity (Wildman–Crippen MR) is 302 cm³/mol. The Morgan fingerprint density at radius 3 is 1.11 bits per heavy atom. The van der Waals surface area contributed by atoms with Gasteiger partial charge in [0.05, 0.1) is 19.6 Å². The van der Waals surface area contributed by atoms with Crippen molar-refractivity contribution in [3.8, 4) is 45.6 Å². The Bertz CT molecular complexity index is 3390.